The molecule has 1 aromatic carbocycles. The molecule has 0 aromatic heterocycles. The fourth-order valence-electron chi connectivity index (χ4n) is 6.88. The highest BCUT2D eigenvalue weighted by atomic mass is 32.2. The van der Waals surface area contributed by atoms with Crippen LogP contribution in [0.1, 0.15) is 62.7 Å². The Hall–Kier alpha value is -1.93. The number of hydrogen-bond acceptors (Lipinski definition) is 7. The molecule has 0 heterocycles. The van der Waals surface area contributed by atoms with Gasteiger partial charge in [0.2, 0.25) is 0 Å². The van der Waals surface area contributed by atoms with Crippen LogP contribution in [-0.2, 0) is 33.4 Å². The summed E-state index contributed by atoms with van der Waals surface area (Å²) in [5.41, 5.74) is -0.947. The van der Waals surface area contributed by atoms with Gasteiger partial charge in [-0.2, -0.15) is 8.42 Å². The quantitative estimate of drug-likeness (QED) is 0.445. The Balaban J connectivity index is 1.89. The Kier molecular flexibility index (Phi) is 5.52. The maximum Gasteiger partial charge on any atom is 0.302 e. The summed E-state index contributed by atoms with van der Waals surface area (Å²) in [5.74, 6) is -3.88. The number of hydrogen-bond donors (Lipinski definition) is 0. The van der Waals surface area contributed by atoms with Crippen molar-refractivity contribution < 1.29 is 34.4 Å². The van der Waals surface area contributed by atoms with Crippen LogP contribution < -0.4 is 0 Å². The van der Waals surface area contributed by atoms with Gasteiger partial charge in [0, 0.05) is 33.8 Å². The summed E-state index contributed by atoms with van der Waals surface area (Å²) in [5, 5.41) is 0. The molecule has 34 heavy (non-hydrogen) atoms. The van der Waals surface area contributed by atoms with Crippen LogP contribution in [-0.4, -0.2) is 38.7 Å². The van der Waals surface area contributed by atoms with E-state index in [2.05, 4.69) is 0 Å². The largest absolute Gasteiger partial charge is 0.462 e. The van der Waals surface area contributed by atoms with Gasteiger partial charge in [-0.1, -0.05) is 45.4 Å². The van der Waals surface area contributed by atoms with Crippen molar-refractivity contribution in [2.75, 3.05) is 0 Å². The molecule has 0 spiro atoms. The lowest BCUT2D eigenvalue weighted by Crippen LogP contribution is -2.53. The summed E-state index contributed by atoms with van der Waals surface area (Å²) in [6.07, 6.45) is -3.33. The second kappa shape index (κ2) is 8.33. The van der Waals surface area contributed by atoms with E-state index >= 15 is 0 Å². The molecular formula is C26H36O7S. The standard InChI is InChI=1S/C26H36O7S/c1-14-8-10-18(11-9-14)34(29,30)33-24-19-12-15(2)22-23(19)25(5,6)20(31-16(3)27)13-21(26(22,24)7)32-17(4)28/h8-11,15,19-24H,12-13H2,1-7H3/t15-,19?,20+,21+,22?,23?,24?,26?/m0/s1/i12D,15D/t12-,15+,19?,20-,21-,22?,23?,24?,26?/m1. The number of rotatable bonds is 5. The van der Waals surface area contributed by atoms with Crippen molar-refractivity contribution in [3.8, 4) is 0 Å². The van der Waals surface area contributed by atoms with Crippen LogP contribution in [0.5, 0.6) is 0 Å². The van der Waals surface area contributed by atoms with E-state index in [0.29, 0.717) is 0 Å². The minimum Gasteiger partial charge on any atom is -0.462 e. The molecule has 0 amide bonds. The molecule has 3 aliphatic rings. The second-order valence-corrected chi connectivity index (χ2v) is 12.5. The predicted octanol–water partition coefficient (Wildman–Crippen LogP) is 4.27. The Morgan fingerprint density at radius 1 is 1.03 bits per heavy atom. The average Bonchev–Trinajstić information content (AvgIpc) is 3.10. The lowest BCUT2D eigenvalue weighted by atomic mass is 9.64. The Morgan fingerprint density at radius 3 is 2.15 bits per heavy atom. The normalized spacial score (nSPS) is 43.4. The van der Waals surface area contributed by atoms with Gasteiger partial charge in [-0.25, -0.2) is 0 Å². The molecule has 3 aliphatic carbocycles. The van der Waals surface area contributed by atoms with Gasteiger partial charge in [0.05, 0.1) is 11.0 Å². The van der Waals surface area contributed by atoms with Crippen LogP contribution in [0.25, 0.3) is 0 Å². The maximum absolute atomic E-state index is 13.5. The van der Waals surface area contributed by atoms with Crippen LogP contribution in [0, 0.1) is 41.4 Å². The number of ether oxygens (including phenoxy) is 2. The first-order chi connectivity index (χ1) is 16.5. The van der Waals surface area contributed by atoms with Gasteiger partial charge in [0.15, 0.2) is 0 Å². The minimum absolute atomic E-state index is 0.00286. The molecule has 4 bridgehead atoms. The number of carbonyl (C=O) groups excluding carboxylic acids is 2. The minimum atomic E-state index is -4.22. The van der Waals surface area contributed by atoms with Crippen molar-refractivity contribution in [1.29, 1.82) is 0 Å². The Morgan fingerprint density at radius 2 is 1.59 bits per heavy atom. The average molecular weight is 495 g/mol. The molecule has 0 aliphatic heterocycles. The molecular weight excluding hydrogens is 456 g/mol. The molecule has 9 atom stereocenters. The summed E-state index contributed by atoms with van der Waals surface area (Å²) in [6.45, 7) is 11.8. The van der Waals surface area contributed by atoms with E-state index in [1.54, 1.807) is 26.0 Å². The topological polar surface area (TPSA) is 96.0 Å². The monoisotopic (exact) mass is 494 g/mol. The third kappa shape index (κ3) is 3.87. The van der Waals surface area contributed by atoms with Gasteiger partial charge < -0.3 is 9.47 Å². The van der Waals surface area contributed by atoms with E-state index in [1.807, 2.05) is 20.8 Å². The van der Waals surface area contributed by atoms with Gasteiger partial charge in [0.1, 0.15) is 12.2 Å². The molecule has 3 fully saturated rings. The van der Waals surface area contributed by atoms with Crippen molar-refractivity contribution in [3.63, 3.8) is 0 Å². The number of esters is 2. The Labute approximate surface area is 205 Å². The van der Waals surface area contributed by atoms with Crippen molar-refractivity contribution in [1.82, 2.24) is 0 Å². The first kappa shape index (κ1) is 22.5. The van der Waals surface area contributed by atoms with E-state index in [0.717, 1.165) is 5.56 Å². The molecule has 5 unspecified atom stereocenters. The van der Waals surface area contributed by atoms with Crippen molar-refractivity contribution in [2.45, 2.75) is 84.5 Å². The van der Waals surface area contributed by atoms with Crippen molar-refractivity contribution >= 4 is 22.1 Å². The number of aryl methyl sites for hydroxylation is 1. The van der Waals surface area contributed by atoms with Gasteiger partial charge in [-0.05, 0) is 49.1 Å². The maximum atomic E-state index is 13.5. The third-order valence-corrected chi connectivity index (χ3v) is 9.63. The highest BCUT2D eigenvalue weighted by Gasteiger charge is 2.74. The van der Waals surface area contributed by atoms with Crippen LogP contribution in [0.3, 0.4) is 0 Å². The van der Waals surface area contributed by atoms with Gasteiger partial charge in [-0.3, -0.25) is 13.8 Å². The van der Waals surface area contributed by atoms with Crippen LogP contribution in [0.15, 0.2) is 29.2 Å². The van der Waals surface area contributed by atoms with Crippen molar-refractivity contribution in [3.05, 3.63) is 29.8 Å². The van der Waals surface area contributed by atoms with E-state index in [-0.39, 0.29) is 17.2 Å². The number of carbonyl (C=O) groups is 2. The molecule has 188 valence electrons. The van der Waals surface area contributed by atoms with Gasteiger partial charge in [0.25, 0.3) is 10.1 Å². The zero-order valence-electron chi connectivity index (χ0n) is 22.8. The molecule has 8 heteroatoms. The van der Waals surface area contributed by atoms with Crippen LogP contribution >= 0.6 is 0 Å². The fourth-order valence-corrected chi connectivity index (χ4v) is 8.07. The highest BCUT2D eigenvalue weighted by molar-refractivity contribution is 7.86. The summed E-state index contributed by atoms with van der Waals surface area (Å²) < 4.78 is 62.7. The number of benzene rings is 1. The summed E-state index contributed by atoms with van der Waals surface area (Å²) >= 11 is 0. The second-order valence-electron chi connectivity index (χ2n) is 10.9. The first-order valence-electron chi connectivity index (χ1n) is 12.8. The molecule has 0 N–H and O–H groups in total. The highest BCUT2D eigenvalue weighted by Crippen LogP contribution is 2.71. The molecule has 0 saturated heterocycles. The van der Waals surface area contributed by atoms with Crippen LogP contribution in [0.4, 0.5) is 0 Å². The zero-order chi connectivity index (χ0) is 27.0. The smallest absolute Gasteiger partial charge is 0.302 e. The van der Waals surface area contributed by atoms with E-state index in [9.17, 15) is 19.4 Å². The Bertz CT molecular complexity index is 1160. The summed E-state index contributed by atoms with van der Waals surface area (Å²) in [6, 6.07) is 6.33. The molecule has 4 rings (SSSR count). The lowest BCUT2D eigenvalue weighted by Gasteiger charge is -2.47. The predicted molar refractivity (Wildman–Crippen MR) is 125 cm³/mol. The molecule has 3 saturated carbocycles. The molecule has 7 nitrogen and oxygen atoms in total. The SMILES string of the molecule is [2H][C@H]1C2C3C(C(C)(C2OS(=O)(=O)c2ccc(C)cc2)[C@H](OC(C)=O)C[C@@H](OC(C)=O)C3(C)C)[C@@]1([2H])C. The van der Waals surface area contributed by atoms with E-state index in [4.69, 9.17) is 15.0 Å². The fraction of sp³-hybridized carbons (Fsp3) is 0.692. The van der Waals surface area contributed by atoms with Gasteiger partial charge in [-0.15, -0.1) is 0 Å². The summed E-state index contributed by atoms with van der Waals surface area (Å²) in [4.78, 5) is 24.3. The zero-order valence-corrected chi connectivity index (χ0v) is 21.6. The van der Waals surface area contributed by atoms with Gasteiger partial charge >= 0.3 is 11.9 Å². The molecule has 0 radical (unpaired) electrons. The van der Waals surface area contributed by atoms with E-state index in [1.165, 1.54) is 26.0 Å². The van der Waals surface area contributed by atoms with Crippen molar-refractivity contribution in [2.24, 2.45) is 34.5 Å². The molecule has 1 aromatic rings. The lowest BCUT2D eigenvalue weighted by molar-refractivity contribution is -0.174. The van der Waals surface area contributed by atoms with Crippen LogP contribution in [0.2, 0.25) is 0 Å². The summed E-state index contributed by atoms with van der Waals surface area (Å²) in [7, 11) is -4.22. The third-order valence-electron chi connectivity index (χ3n) is 8.32. The first-order valence-corrected chi connectivity index (χ1v) is 13.1. The van der Waals surface area contributed by atoms with E-state index < -0.39 is 75.3 Å².